The molecule has 1 N–H and O–H groups in total. The maximum Gasteiger partial charge on any atom is 0.0985 e. The summed E-state index contributed by atoms with van der Waals surface area (Å²) in [5.74, 6) is 0. The van der Waals surface area contributed by atoms with E-state index in [1.165, 1.54) is 0 Å². The van der Waals surface area contributed by atoms with Crippen LogP contribution < -0.4 is 0 Å². The minimum absolute atomic E-state index is 0.307. The Morgan fingerprint density at radius 3 is 2.60 bits per heavy atom. The normalized spacial score (nSPS) is 12.1. The van der Waals surface area contributed by atoms with E-state index in [4.69, 9.17) is 10.4 Å². The third-order valence-corrected chi connectivity index (χ3v) is 1.99. The molecule has 0 bridgehead atoms. The Bertz CT molecular complexity index is 297. The Balaban J connectivity index is 4.06. The van der Waals surface area contributed by atoms with Gasteiger partial charge in [0.15, 0.2) is 0 Å². The summed E-state index contributed by atoms with van der Waals surface area (Å²) in [6, 6.07) is 1.93. The van der Waals surface area contributed by atoms with Gasteiger partial charge in [0.05, 0.1) is 12.2 Å². The van der Waals surface area contributed by atoms with Crippen LogP contribution in [0.15, 0.2) is 36.6 Å². The van der Waals surface area contributed by atoms with Crippen LogP contribution in [0.3, 0.4) is 0 Å². The molecular weight excluding hydrogens is 188 g/mol. The molecule has 82 valence electrons. The highest BCUT2D eigenvalue weighted by Gasteiger charge is 2.01. The molecule has 0 aromatic rings. The molecule has 0 rings (SSSR count). The van der Waals surface area contributed by atoms with Crippen LogP contribution in [0.25, 0.3) is 0 Å². The number of aliphatic hydroxyl groups is 1. The molecule has 0 aliphatic heterocycles. The summed E-state index contributed by atoms with van der Waals surface area (Å²) in [5.41, 5.74) is 1.20. The van der Waals surface area contributed by atoms with E-state index in [1.54, 1.807) is 19.1 Å². The quantitative estimate of drug-likeness (QED) is 0.533. The van der Waals surface area contributed by atoms with E-state index in [1.807, 2.05) is 18.0 Å². The predicted molar refractivity (Wildman–Crippen MR) is 62.0 cm³/mol. The summed E-state index contributed by atoms with van der Waals surface area (Å²) in [5, 5.41) is 17.6. The van der Waals surface area contributed by atoms with Crippen molar-refractivity contribution in [2.24, 2.45) is 0 Å². The number of aliphatic hydroxyl groups excluding tert-OH is 1. The Labute approximate surface area is 91.6 Å². The fourth-order valence-electron chi connectivity index (χ4n) is 0.885. The van der Waals surface area contributed by atoms with Gasteiger partial charge >= 0.3 is 0 Å². The Morgan fingerprint density at radius 2 is 2.13 bits per heavy atom. The summed E-state index contributed by atoms with van der Waals surface area (Å²) in [7, 11) is 1.89. The van der Waals surface area contributed by atoms with Gasteiger partial charge in [0.2, 0.25) is 0 Å². The van der Waals surface area contributed by atoms with E-state index in [9.17, 15) is 0 Å². The van der Waals surface area contributed by atoms with Crippen molar-refractivity contribution < 1.29 is 5.11 Å². The molecule has 0 radical (unpaired) electrons. The Morgan fingerprint density at radius 1 is 1.53 bits per heavy atom. The molecule has 0 aliphatic carbocycles. The summed E-state index contributed by atoms with van der Waals surface area (Å²) in [4.78, 5) is 1.92. The average molecular weight is 206 g/mol. The lowest BCUT2D eigenvalue weighted by molar-refractivity contribution is 0.172. The fourth-order valence-corrected chi connectivity index (χ4v) is 0.885. The molecule has 15 heavy (non-hydrogen) atoms. The third-order valence-electron chi connectivity index (χ3n) is 1.99. The van der Waals surface area contributed by atoms with E-state index in [0.29, 0.717) is 12.0 Å². The highest BCUT2D eigenvalue weighted by Crippen LogP contribution is 2.04. The monoisotopic (exact) mass is 206 g/mol. The molecule has 3 heteroatoms. The zero-order chi connectivity index (χ0) is 11.8. The predicted octanol–water partition coefficient (Wildman–Crippen LogP) is 1.84. The smallest absolute Gasteiger partial charge is 0.0985 e. The van der Waals surface area contributed by atoms with Crippen molar-refractivity contribution in [1.29, 1.82) is 5.26 Å². The maximum absolute atomic E-state index is 9.11. The molecule has 3 nitrogen and oxygen atoms in total. The lowest BCUT2D eigenvalue weighted by Gasteiger charge is -2.19. The molecule has 1 unspecified atom stereocenters. The standard InChI is InChI=1S/C12H18N2O/c1-10(9-13)5-6-11(2)14(4)8-7-12(3)15/h5-6,12,15H,1-2,7-8H2,3-4H3/b6-5-. The summed E-state index contributed by atoms with van der Waals surface area (Å²) in [6.07, 6.45) is 3.76. The number of likely N-dealkylation sites (N-methyl/N-ethyl adjacent to an activating group) is 1. The average Bonchev–Trinajstić information content (AvgIpc) is 2.21. The van der Waals surface area contributed by atoms with Gasteiger partial charge < -0.3 is 10.0 Å². The zero-order valence-electron chi connectivity index (χ0n) is 9.40. The van der Waals surface area contributed by atoms with Crippen molar-refractivity contribution in [3.63, 3.8) is 0 Å². The minimum Gasteiger partial charge on any atom is -0.393 e. The van der Waals surface area contributed by atoms with E-state index < -0.39 is 0 Å². The van der Waals surface area contributed by atoms with Gasteiger partial charge in [0.1, 0.15) is 0 Å². The molecule has 0 aromatic heterocycles. The van der Waals surface area contributed by atoms with E-state index in [-0.39, 0.29) is 6.10 Å². The van der Waals surface area contributed by atoms with Crippen molar-refractivity contribution in [1.82, 2.24) is 4.90 Å². The van der Waals surface area contributed by atoms with Crippen molar-refractivity contribution in [2.45, 2.75) is 19.4 Å². The second-order valence-electron chi connectivity index (χ2n) is 3.52. The van der Waals surface area contributed by atoms with Crippen LogP contribution in [-0.2, 0) is 0 Å². The van der Waals surface area contributed by atoms with Crippen molar-refractivity contribution in [3.8, 4) is 6.07 Å². The summed E-state index contributed by atoms with van der Waals surface area (Å²) >= 11 is 0. The number of rotatable bonds is 6. The number of allylic oxidation sites excluding steroid dienone is 3. The van der Waals surface area contributed by atoms with E-state index in [2.05, 4.69) is 13.2 Å². The molecule has 0 saturated heterocycles. The molecule has 0 aliphatic rings. The molecule has 0 amide bonds. The van der Waals surface area contributed by atoms with Crippen LogP contribution in [-0.4, -0.2) is 29.7 Å². The van der Waals surface area contributed by atoms with Crippen LogP contribution in [0.1, 0.15) is 13.3 Å². The highest BCUT2D eigenvalue weighted by molar-refractivity contribution is 5.33. The zero-order valence-corrected chi connectivity index (χ0v) is 9.40. The summed E-state index contributed by atoms with van der Waals surface area (Å²) in [6.45, 7) is 9.87. The first-order valence-corrected chi connectivity index (χ1v) is 4.82. The molecule has 0 heterocycles. The second-order valence-corrected chi connectivity index (χ2v) is 3.52. The topological polar surface area (TPSA) is 47.3 Å². The fraction of sp³-hybridized carbons (Fsp3) is 0.417. The van der Waals surface area contributed by atoms with Crippen molar-refractivity contribution >= 4 is 0 Å². The van der Waals surface area contributed by atoms with Crippen molar-refractivity contribution in [2.75, 3.05) is 13.6 Å². The van der Waals surface area contributed by atoms with Gasteiger partial charge in [-0.1, -0.05) is 13.2 Å². The van der Waals surface area contributed by atoms with E-state index >= 15 is 0 Å². The first-order chi connectivity index (χ1) is 6.97. The van der Waals surface area contributed by atoms with Crippen LogP contribution in [0.5, 0.6) is 0 Å². The Hall–Kier alpha value is -1.53. The molecule has 0 fully saturated rings. The van der Waals surface area contributed by atoms with Gasteiger partial charge in [-0.2, -0.15) is 5.26 Å². The number of hydrogen-bond donors (Lipinski definition) is 1. The lowest BCUT2D eigenvalue weighted by Crippen LogP contribution is -2.20. The SMILES string of the molecule is C=C(C#N)/C=C\C(=C)N(C)CCC(C)O. The van der Waals surface area contributed by atoms with Crippen LogP contribution in [0, 0.1) is 11.3 Å². The molecule has 1 atom stereocenters. The van der Waals surface area contributed by atoms with Crippen molar-refractivity contribution in [3.05, 3.63) is 36.6 Å². The van der Waals surface area contributed by atoms with Gasteiger partial charge in [0.25, 0.3) is 0 Å². The Kier molecular flexibility index (Phi) is 6.16. The lowest BCUT2D eigenvalue weighted by atomic mass is 10.2. The minimum atomic E-state index is -0.307. The third kappa shape index (κ3) is 6.53. The van der Waals surface area contributed by atoms with Gasteiger partial charge in [0, 0.05) is 24.9 Å². The van der Waals surface area contributed by atoms with E-state index in [0.717, 1.165) is 12.2 Å². The van der Waals surface area contributed by atoms with Gasteiger partial charge in [-0.3, -0.25) is 0 Å². The van der Waals surface area contributed by atoms with Crippen LogP contribution in [0.4, 0.5) is 0 Å². The summed E-state index contributed by atoms with van der Waals surface area (Å²) < 4.78 is 0. The first-order valence-electron chi connectivity index (χ1n) is 4.82. The van der Waals surface area contributed by atoms with Gasteiger partial charge in [-0.25, -0.2) is 0 Å². The second kappa shape index (κ2) is 6.86. The molecule has 0 saturated carbocycles. The molecular formula is C12H18N2O. The largest absolute Gasteiger partial charge is 0.393 e. The maximum atomic E-state index is 9.11. The van der Waals surface area contributed by atoms with Crippen LogP contribution in [0.2, 0.25) is 0 Å². The van der Waals surface area contributed by atoms with Gasteiger partial charge in [-0.15, -0.1) is 0 Å². The van der Waals surface area contributed by atoms with Crippen LogP contribution >= 0.6 is 0 Å². The van der Waals surface area contributed by atoms with Gasteiger partial charge in [-0.05, 0) is 25.5 Å². The molecule has 0 aromatic carbocycles. The highest BCUT2D eigenvalue weighted by atomic mass is 16.3. The number of hydrogen-bond acceptors (Lipinski definition) is 3. The number of nitrogens with zero attached hydrogens (tertiary/aromatic N) is 2. The number of nitriles is 1. The molecule has 0 spiro atoms. The first kappa shape index (κ1) is 13.5.